The first kappa shape index (κ1) is 35.1. The lowest BCUT2D eigenvalue weighted by Crippen LogP contribution is -2.44. The van der Waals surface area contributed by atoms with E-state index in [1.807, 2.05) is 57.9 Å². The molecule has 224 valence electrons. The minimum Gasteiger partial charge on any atom is -0.494 e. The van der Waals surface area contributed by atoms with E-state index >= 15 is 0 Å². The molecule has 0 bridgehead atoms. The highest BCUT2D eigenvalue weighted by Crippen LogP contribution is 2.26. The number of piperazine rings is 1. The Labute approximate surface area is 243 Å². The zero-order chi connectivity index (χ0) is 29.9. The van der Waals surface area contributed by atoms with Crippen LogP contribution in [0.2, 0.25) is 0 Å². The molecular formula is C33H55N5O2. The van der Waals surface area contributed by atoms with Crippen molar-refractivity contribution in [2.75, 3.05) is 37.7 Å². The maximum atomic E-state index is 10.0. The summed E-state index contributed by atoms with van der Waals surface area (Å²) in [6, 6.07) is 6.41. The van der Waals surface area contributed by atoms with Gasteiger partial charge in [-0.1, -0.05) is 47.5 Å². The van der Waals surface area contributed by atoms with Gasteiger partial charge in [0.1, 0.15) is 11.5 Å². The van der Waals surface area contributed by atoms with Crippen LogP contribution in [0.3, 0.4) is 0 Å². The summed E-state index contributed by atoms with van der Waals surface area (Å²) in [4.78, 5) is 16.9. The van der Waals surface area contributed by atoms with Gasteiger partial charge in [0.05, 0.1) is 12.1 Å². The zero-order valence-corrected chi connectivity index (χ0v) is 26.8. The Hall–Kier alpha value is -2.93. The summed E-state index contributed by atoms with van der Waals surface area (Å²) < 4.78 is 7.50. The number of carbonyl (C=O) groups is 1. The lowest BCUT2D eigenvalue weighted by atomic mass is 10.1. The summed E-state index contributed by atoms with van der Waals surface area (Å²) in [6.07, 6.45) is 10.2. The van der Waals surface area contributed by atoms with Crippen LogP contribution in [0, 0.1) is 6.92 Å². The molecule has 1 fully saturated rings. The molecule has 0 spiro atoms. The van der Waals surface area contributed by atoms with E-state index in [9.17, 15) is 4.79 Å². The highest BCUT2D eigenvalue weighted by Gasteiger charge is 2.15. The predicted molar refractivity (Wildman–Crippen MR) is 171 cm³/mol. The Balaban J connectivity index is 0.000000318. The highest BCUT2D eigenvalue weighted by molar-refractivity contribution is 5.81. The largest absolute Gasteiger partial charge is 0.494 e. The molecule has 0 unspecified atom stereocenters. The van der Waals surface area contributed by atoms with Gasteiger partial charge in [-0.05, 0) is 63.3 Å². The molecule has 1 aliphatic heterocycles. The Morgan fingerprint density at radius 1 is 1.02 bits per heavy atom. The summed E-state index contributed by atoms with van der Waals surface area (Å²) in [7, 11) is 1.94. The standard InChI is InChI=1S/C13H21N3.C13H18N2O.C5H10O.C2H6/c1-3-4-12-11(2)15-6-5-13(12)16-9-7-14-8-10-16;1-4-6-10-7-11-9-15(3)14-12(11)8-13(10)16-5-2;1-3-4-5(2)6;1-2/h5-6,14H,3-4,7-10H2,1-2H3;7-9H,4-6H2,1-3H3;3-4H2,1-2H3;1-2H3. The van der Waals surface area contributed by atoms with Crippen LogP contribution in [-0.4, -0.2) is 53.3 Å². The van der Waals surface area contributed by atoms with E-state index in [0.717, 1.165) is 69.5 Å². The van der Waals surface area contributed by atoms with Crippen molar-refractivity contribution < 1.29 is 9.53 Å². The van der Waals surface area contributed by atoms with Gasteiger partial charge >= 0.3 is 0 Å². The second kappa shape index (κ2) is 20.0. The van der Waals surface area contributed by atoms with Crippen LogP contribution >= 0.6 is 0 Å². The Morgan fingerprint density at radius 3 is 2.25 bits per heavy atom. The fourth-order valence-electron chi connectivity index (χ4n) is 4.67. The van der Waals surface area contributed by atoms with E-state index in [4.69, 9.17) is 4.74 Å². The second-order valence-electron chi connectivity index (χ2n) is 9.84. The van der Waals surface area contributed by atoms with Crippen molar-refractivity contribution in [2.24, 2.45) is 7.05 Å². The lowest BCUT2D eigenvalue weighted by molar-refractivity contribution is -0.117. The third-order valence-electron chi connectivity index (χ3n) is 6.43. The van der Waals surface area contributed by atoms with Crippen LogP contribution in [0.15, 0.2) is 30.6 Å². The average molecular weight is 554 g/mol. The molecule has 3 aromatic rings. The van der Waals surface area contributed by atoms with Crippen LogP contribution in [-0.2, 0) is 24.7 Å². The minimum atomic E-state index is 0.289. The minimum absolute atomic E-state index is 0.289. The first-order chi connectivity index (χ1) is 19.3. The Morgan fingerprint density at radius 2 is 1.70 bits per heavy atom. The van der Waals surface area contributed by atoms with Crippen LogP contribution in [0.25, 0.3) is 10.9 Å². The van der Waals surface area contributed by atoms with Gasteiger partial charge in [-0.3, -0.25) is 9.67 Å². The number of hydrogen-bond acceptors (Lipinski definition) is 6. The number of hydrogen-bond donors (Lipinski definition) is 1. The first-order valence-electron chi connectivity index (χ1n) is 15.3. The number of Topliss-reactive ketones (excluding diaryl/α,β-unsaturated/α-hetero) is 1. The summed E-state index contributed by atoms with van der Waals surface area (Å²) in [6.45, 7) is 21.3. The van der Waals surface area contributed by atoms with Crippen LogP contribution in [0.4, 0.5) is 5.69 Å². The van der Waals surface area contributed by atoms with E-state index in [1.54, 1.807) is 6.92 Å². The third kappa shape index (κ3) is 11.7. The number of ether oxygens (including phenoxy) is 1. The topological polar surface area (TPSA) is 72.3 Å². The van der Waals surface area contributed by atoms with Gasteiger partial charge in [0.2, 0.25) is 0 Å². The van der Waals surface area contributed by atoms with Crippen LogP contribution in [0.1, 0.15) is 91.0 Å². The number of aryl methyl sites for hydroxylation is 3. The number of pyridine rings is 1. The van der Waals surface area contributed by atoms with Gasteiger partial charge in [0.15, 0.2) is 0 Å². The monoisotopic (exact) mass is 553 g/mol. The molecule has 3 heterocycles. The molecule has 1 N–H and O–H groups in total. The van der Waals surface area contributed by atoms with Crippen molar-refractivity contribution in [3.8, 4) is 5.75 Å². The van der Waals surface area contributed by atoms with E-state index < -0.39 is 0 Å². The average Bonchev–Trinajstić information content (AvgIpc) is 3.31. The van der Waals surface area contributed by atoms with Crippen molar-refractivity contribution in [1.29, 1.82) is 0 Å². The number of fused-ring (bicyclic) bond motifs is 1. The Kier molecular flexibility index (Phi) is 17.6. The quantitative estimate of drug-likeness (QED) is 0.305. The summed E-state index contributed by atoms with van der Waals surface area (Å²) in [5.74, 6) is 1.27. The number of anilines is 1. The molecule has 7 heteroatoms. The SMILES string of the molecule is CC.CCCC(C)=O.CCCc1c(N2CCNCC2)ccnc1C.CCCc1cc2cn(C)nc2cc1OCC. The highest BCUT2D eigenvalue weighted by atomic mass is 16.5. The molecule has 0 aliphatic carbocycles. The summed E-state index contributed by atoms with van der Waals surface area (Å²) in [5, 5.41) is 8.98. The molecule has 1 aliphatic rings. The summed E-state index contributed by atoms with van der Waals surface area (Å²) in [5.41, 5.74) is 6.32. The number of ketones is 1. The molecule has 2 aromatic heterocycles. The Bertz CT molecular complexity index is 1080. The van der Waals surface area contributed by atoms with Gasteiger partial charge < -0.3 is 19.7 Å². The normalized spacial score (nSPS) is 12.4. The molecule has 0 atom stereocenters. The van der Waals surface area contributed by atoms with Crippen LogP contribution < -0.4 is 15.0 Å². The molecule has 4 rings (SSSR count). The molecule has 0 radical (unpaired) electrons. The fraction of sp³-hybridized carbons (Fsp3) is 0.606. The van der Waals surface area contributed by atoms with Gasteiger partial charge in [-0.25, -0.2) is 0 Å². The molecule has 0 amide bonds. The maximum absolute atomic E-state index is 10.0. The predicted octanol–water partition coefficient (Wildman–Crippen LogP) is 7.08. The van der Waals surface area contributed by atoms with Gasteiger partial charge in [0.25, 0.3) is 0 Å². The fourth-order valence-corrected chi connectivity index (χ4v) is 4.67. The van der Waals surface area contributed by atoms with Gasteiger partial charge in [-0.2, -0.15) is 5.10 Å². The van der Waals surface area contributed by atoms with E-state index in [0.29, 0.717) is 6.61 Å². The van der Waals surface area contributed by atoms with Crippen molar-refractivity contribution in [3.05, 3.63) is 47.4 Å². The molecule has 1 saturated heterocycles. The van der Waals surface area contributed by atoms with E-state index in [2.05, 4.69) is 53.2 Å². The number of rotatable bonds is 9. The van der Waals surface area contributed by atoms with Gasteiger partial charge in [0, 0.05) is 74.9 Å². The lowest BCUT2D eigenvalue weighted by Gasteiger charge is -2.31. The van der Waals surface area contributed by atoms with Crippen molar-refractivity contribution in [2.45, 2.75) is 93.9 Å². The number of nitrogens with one attached hydrogen (secondary N) is 1. The van der Waals surface area contributed by atoms with Crippen molar-refractivity contribution >= 4 is 22.4 Å². The smallest absolute Gasteiger partial charge is 0.129 e. The van der Waals surface area contributed by atoms with E-state index in [-0.39, 0.29) is 5.78 Å². The van der Waals surface area contributed by atoms with Crippen molar-refractivity contribution in [1.82, 2.24) is 20.1 Å². The van der Waals surface area contributed by atoms with Gasteiger partial charge in [-0.15, -0.1) is 0 Å². The number of nitrogens with zero attached hydrogens (tertiary/aromatic N) is 4. The summed E-state index contributed by atoms with van der Waals surface area (Å²) >= 11 is 0. The number of aromatic nitrogens is 3. The number of benzene rings is 1. The van der Waals surface area contributed by atoms with Crippen LogP contribution in [0.5, 0.6) is 5.75 Å². The maximum Gasteiger partial charge on any atom is 0.129 e. The first-order valence-corrected chi connectivity index (χ1v) is 15.3. The molecule has 0 saturated carbocycles. The number of carbonyl (C=O) groups excluding carboxylic acids is 1. The van der Waals surface area contributed by atoms with Crippen molar-refractivity contribution in [3.63, 3.8) is 0 Å². The molecule has 7 nitrogen and oxygen atoms in total. The molecule has 1 aromatic carbocycles. The zero-order valence-electron chi connectivity index (χ0n) is 26.8. The third-order valence-corrected chi connectivity index (χ3v) is 6.43. The molecular weight excluding hydrogens is 498 g/mol. The van der Waals surface area contributed by atoms with E-state index in [1.165, 1.54) is 34.3 Å². The second-order valence-corrected chi connectivity index (χ2v) is 9.84. The molecule has 40 heavy (non-hydrogen) atoms.